The number of carbonyl (C=O) groups is 1. The Morgan fingerprint density at radius 2 is 1.80 bits per heavy atom. The fraction of sp³-hybridized carbons (Fsp3) is 0.385. The van der Waals surface area contributed by atoms with Crippen LogP contribution in [0.5, 0.6) is 0 Å². The summed E-state index contributed by atoms with van der Waals surface area (Å²) in [5.41, 5.74) is 3.37. The maximum Gasteiger partial charge on any atom is 0.252 e. The summed E-state index contributed by atoms with van der Waals surface area (Å²) in [6.07, 6.45) is 3.35. The first-order valence-electron chi connectivity index (χ1n) is 10.9. The molecule has 0 bridgehead atoms. The maximum atomic E-state index is 13.2. The highest BCUT2D eigenvalue weighted by Gasteiger charge is 2.29. The zero-order valence-corrected chi connectivity index (χ0v) is 18.0. The predicted octanol–water partition coefficient (Wildman–Crippen LogP) is 4.91. The number of pyridine rings is 1. The number of carbonyl (C=O) groups excluding carboxylic acids is 1. The summed E-state index contributed by atoms with van der Waals surface area (Å²) in [4.78, 5) is 26.2. The lowest BCUT2D eigenvalue weighted by molar-refractivity contribution is 0.0892. The topological polar surface area (TPSA) is 51.1 Å². The molecule has 1 amide bonds. The van der Waals surface area contributed by atoms with Crippen molar-refractivity contribution in [2.24, 2.45) is 11.8 Å². The number of para-hydroxylation sites is 1. The molecule has 1 aliphatic carbocycles. The smallest absolute Gasteiger partial charge is 0.252 e. The molecule has 0 aliphatic heterocycles. The molecule has 0 unspecified atom stereocenters. The van der Waals surface area contributed by atoms with Gasteiger partial charge in [0.25, 0.3) is 11.5 Å². The molecular formula is C26H30N2O2. The van der Waals surface area contributed by atoms with Crippen molar-refractivity contribution in [1.82, 2.24) is 9.88 Å². The Morgan fingerprint density at radius 1 is 1.07 bits per heavy atom. The lowest BCUT2D eigenvalue weighted by atomic mass is 9.78. The highest BCUT2D eigenvalue weighted by Crippen LogP contribution is 2.30. The van der Waals surface area contributed by atoms with E-state index in [1.165, 1.54) is 18.1 Å². The largest absolute Gasteiger partial charge is 0.349 e. The van der Waals surface area contributed by atoms with Gasteiger partial charge in [-0.05, 0) is 36.8 Å². The van der Waals surface area contributed by atoms with Crippen LogP contribution in [0.3, 0.4) is 0 Å². The average Bonchev–Trinajstić information content (AvgIpc) is 2.74. The predicted molar refractivity (Wildman–Crippen MR) is 122 cm³/mol. The third-order valence-corrected chi connectivity index (χ3v) is 6.75. The van der Waals surface area contributed by atoms with E-state index >= 15 is 0 Å². The molecule has 0 spiro atoms. The fourth-order valence-corrected chi connectivity index (χ4v) is 4.59. The van der Waals surface area contributed by atoms with Crippen molar-refractivity contribution in [3.05, 3.63) is 81.6 Å². The Balaban J connectivity index is 1.69. The first kappa shape index (κ1) is 20.4. The highest BCUT2D eigenvalue weighted by atomic mass is 16.2. The molecule has 0 saturated heterocycles. The molecule has 3 aromatic rings. The first-order chi connectivity index (χ1) is 14.4. The minimum absolute atomic E-state index is 0.142. The Morgan fingerprint density at radius 3 is 2.57 bits per heavy atom. The molecule has 1 saturated carbocycles. The van der Waals surface area contributed by atoms with Crippen molar-refractivity contribution < 1.29 is 4.79 Å². The van der Waals surface area contributed by atoms with Crippen molar-refractivity contribution in [3.8, 4) is 0 Å². The van der Waals surface area contributed by atoms with Gasteiger partial charge in [0.1, 0.15) is 0 Å². The number of hydrogen-bond donors (Lipinski definition) is 1. The third-order valence-electron chi connectivity index (χ3n) is 6.75. The quantitative estimate of drug-likeness (QED) is 0.674. The molecule has 2 aromatic carbocycles. The summed E-state index contributed by atoms with van der Waals surface area (Å²) in [5, 5.41) is 4.04. The van der Waals surface area contributed by atoms with Crippen molar-refractivity contribution in [2.75, 3.05) is 0 Å². The van der Waals surface area contributed by atoms with Crippen LogP contribution < -0.4 is 10.9 Å². The molecule has 1 fully saturated rings. The number of aromatic nitrogens is 1. The molecule has 30 heavy (non-hydrogen) atoms. The molecule has 4 rings (SSSR count). The second-order valence-corrected chi connectivity index (χ2v) is 8.83. The van der Waals surface area contributed by atoms with Crippen molar-refractivity contribution in [3.63, 3.8) is 0 Å². The van der Waals surface area contributed by atoms with Gasteiger partial charge in [0, 0.05) is 17.5 Å². The van der Waals surface area contributed by atoms with Crippen LogP contribution in [0.2, 0.25) is 0 Å². The van der Waals surface area contributed by atoms with Crippen LogP contribution in [0.1, 0.15) is 54.6 Å². The monoisotopic (exact) mass is 402 g/mol. The van der Waals surface area contributed by atoms with Crippen LogP contribution in [-0.2, 0) is 6.54 Å². The van der Waals surface area contributed by atoms with Crippen molar-refractivity contribution in [1.29, 1.82) is 0 Å². The molecule has 1 aliphatic rings. The van der Waals surface area contributed by atoms with Gasteiger partial charge < -0.3 is 9.88 Å². The van der Waals surface area contributed by atoms with Crippen LogP contribution >= 0.6 is 0 Å². The van der Waals surface area contributed by atoms with Crippen molar-refractivity contribution in [2.45, 2.75) is 52.6 Å². The van der Waals surface area contributed by atoms with Crippen LogP contribution in [-0.4, -0.2) is 16.5 Å². The summed E-state index contributed by atoms with van der Waals surface area (Å²) in [7, 11) is 0. The van der Waals surface area contributed by atoms with Crippen LogP contribution in [0.15, 0.2) is 59.4 Å². The van der Waals surface area contributed by atoms with E-state index in [0.717, 1.165) is 29.3 Å². The van der Waals surface area contributed by atoms with E-state index in [1.807, 2.05) is 43.3 Å². The lowest BCUT2D eigenvalue weighted by Crippen LogP contribution is -2.44. The second kappa shape index (κ2) is 8.47. The number of nitrogens with zero attached hydrogens (tertiary/aromatic N) is 1. The Labute approximate surface area is 177 Å². The number of benzene rings is 2. The van der Waals surface area contributed by atoms with Gasteiger partial charge in [-0.2, -0.15) is 0 Å². The number of fused-ring (bicyclic) bond motifs is 1. The van der Waals surface area contributed by atoms with E-state index in [0.29, 0.717) is 23.9 Å². The van der Waals surface area contributed by atoms with Gasteiger partial charge in [0.2, 0.25) is 0 Å². The number of amides is 1. The average molecular weight is 403 g/mol. The summed E-state index contributed by atoms with van der Waals surface area (Å²) < 4.78 is 1.75. The first-order valence-corrected chi connectivity index (χ1v) is 10.9. The molecule has 156 valence electrons. The van der Waals surface area contributed by atoms with E-state index in [9.17, 15) is 9.59 Å². The fourth-order valence-electron chi connectivity index (χ4n) is 4.59. The Hall–Kier alpha value is -2.88. The van der Waals surface area contributed by atoms with Gasteiger partial charge in [-0.1, -0.05) is 74.7 Å². The zero-order chi connectivity index (χ0) is 21.3. The van der Waals surface area contributed by atoms with E-state index in [4.69, 9.17) is 0 Å². The van der Waals surface area contributed by atoms with Crippen LogP contribution in [0.25, 0.3) is 10.9 Å². The number of hydrogen-bond acceptors (Lipinski definition) is 2. The Bertz CT molecular complexity index is 1110. The Kier molecular flexibility index (Phi) is 5.76. The highest BCUT2D eigenvalue weighted by molar-refractivity contribution is 6.06. The normalized spacial score (nSPS) is 21.5. The second-order valence-electron chi connectivity index (χ2n) is 8.83. The van der Waals surface area contributed by atoms with E-state index in [1.54, 1.807) is 4.57 Å². The minimum Gasteiger partial charge on any atom is -0.349 e. The number of rotatable bonds is 4. The van der Waals surface area contributed by atoms with Gasteiger partial charge in [0.05, 0.1) is 17.6 Å². The molecule has 1 N–H and O–H groups in total. The van der Waals surface area contributed by atoms with E-state index in [2.05, 4.69) is 31.3 Å². The summed E-state index contributed by atoms with van der Waals surface area (Å²) in [6, 6.07) is 17.6. The lowest BCUT2D eigenvalue weighted by Gasteiger charge is -2.34. The maximum absolute atomic E-state index is 13.2. The molecule has 3 atom stereocenters. The molecule has 1 aromatic heterocycles. The number of aryl methyl sites for hydroxylation is 1. The molecule has 4 nitrogen and oxygen atoms in total. The van der Waals surface area contributed by atoms with Crippen LogP contribution in [0.4, 0.5) is 0 Å². The minimum atomic E-state index is -0.149. The summed E-state index contributed by atoms with van der Waals surface area (Å²) in [6.45, 7) is 7.00. The van der Waals surface area contributed by atoms with E-state index < -0.39 is 0 Å². The van der Waals surface area contributed by atoms with Gasteiger partial charge in [-0.25, -0.2) is 0 Å². The van der Waals surface area contributed by atoms with E-state index in [-0.39, 0.29) is 17.5 Å². The molecular weight excluding hydrogens is 372 g/mol. The summed E-state index contributed by atoms with van der Waals surface area (Å²) >= 11 is 0. The van der Waals surface area contributed by atoms with Crippen molar-refractivity contribution >= 4 is 16.8 Å². The molecule has 0 radical (unpaired) electrons. The molecule has 4 heteroatoms. The van der Waals surface area contributed by atoms with Gasteiger partial charge in [-0.3, -0.25) is 9.59 Å². The van der Waals surface area contributed by atoms with Crippen LogP contribution in [0, 0.1) is 18.8 Å². The summed E-state index contributed by atoms with van der Waals surface area (Å²) in [5.74, 6) is 0.899. The molecule has 1 heterocycles. The standard InChI is InChI=1S/C26H30N2O2/c1-17-11-13-20(14-12-17)16-28-24-10-5-4-8-21(24)22(15-25(28)29)26(30)27-23-9-6-7-18(2)19(23)3/h4-5,8,10-15,18-19,23H,6-7,9,16H2,1-3H3,(H,27,30)/t18-,19+,23-/m1/s1. The number of nitrogens with one attached hydrogen (secondary N) is 1. The SMILES string of the molecule is Cc1ccc(Cn2c(=O)cc(C(=O)N[C@@H]3CCC[C@@H](C)[C@@H]3C)c3ccccc32)cc1. The zero-order valence-electron chi connectivity index (χ0n) is 18.0. The van der Waals surface area contributed by atoms with Gasteiger partial charge in [0.15, 0.2) is 0 Å². The van der Waals surface area contributed by atoms with Gasteiger partial charge >= 0.3 is 0 Å². The van der Waals surface area contributed by atoms with Gasteiger partial charge in [-0.15, -0.1) is 0 Å². The third kappa shape index (κ3) is 4.04.